The Kier molecular flexibility index (Phi) is 14.3. The van der Waals surface area contributed by atoms with E-state index in [-0.39, 0.29) is 43.0 Å². The van der Waals surface area contributed by atoms with Crippen molar-refractivity contribution in [2.75, 3.05) is 13.2 Å². The molecule has 0 aliphatic heterocycles. The first-order valence-electron chi connectivity index (χ1n) is 12.8. The lowest BCUT2D eigenvalue weighted by Gasteiger charge is -2.18. The van der Waals surface area contributed by atoms with Gasteiger partial charge < -0.3 is 29.4 Å². The number of benzene rings is 1. The molecule has 0 radical (unpaired) electrons. The molecule has 0 saturated carbocycles. The van der Waals surface area contributed by atoms with Crippen molar-refractivity contribution < 1.29 is 42.9 Å². The Balaban J connectivity index is 2.94. The summed E-state index contributed by atoms with van der Waals surface area (Å²) in [7, 11) is 0. The lowest BCUT2D eigenvalue weighted by Crippen LogP contribution is -2.36. The Labute approximate surface area is 219 Å². The molecule has 0 bridgehead atoms. The molecule has 0 aliphatic carbocycles. The molecule has 0 aromatic heterocycles. The molecule has 2 N–H and O–H groups in total. The molecule has 1 aromatic rings. The van der Waals surface area contributed by atoms with Crippen LogP contribution < -0.4 is 15.2 Å². The lowest BCUT2D eigenvalue weighted by atomic mass is 10.0. The van der Waals surface area contributed by atoms with Gasteiger partial charge in [0.1, 0.15) is 18.8 Å². The van der Waals surface area contributed by atoms with Crippen LogP contribution in [-0.2, 0) is 35.0 Å². The van der Waals surface area contributed by atoms with Crippen LogP contribution in [0, 0.1) is 11.8 Å². The number of carbonyl (C=O) groups excluding carboxylic acids is 4. The fraction of sp³-hybridized carbons (Fsp3) is 0.630. The maximum Gasteiger partial charge on any atom is 0.508 e. The van der Waals surface area contributed by atoms with Gasteiger partial charge in [0.25, 0.3) is 0 Å². The standard InChI is InChI=1S/C27H41NO9/c1-7-10-17(4)24(29)36-22-13-12-20(15-23(22)37-25(30)18(5)11-8-2)14-21(28)26(31)34-16-19(6)35-27(32)33-9-3/h12-13,15,17-19,21H,7-11,14,16,28H2,1-6H3/t17?,18?,19-,21-/m0/s1. The number of ether oxygens (including phenoxy) is 5. The zero-order valence-electron chi connectivity index (χ0n) is 22.7. The largest absolute Gasteiger partial charge is 0.508 e. The molecule has 1 rings (SSSR count). The van der Waals surface area contributed by atoms with E-state index in [9.17, 15) is 19.2 Å². The quantitative estimate of drug-likeness (QED) is 0.261. The SMILES string of the molecule is CCCC(C)C(=O)Oc1ccc(C[C@H](N)C(=O)OC[C@H](C)OC(=O)OCC)cc1OC(=O)C(C)CCC. The molecule has 0 saturated heterocycles. The highest BCUT2D eigenvalue weighted by molar-refractivity contribution is 5.79. The topological polar surface area (TPSA) is 140 Å². The van der Waals surface area contributed by atoms with E-state index in [1.165, 1.54) is 12.1 Å². The van der Waals surface area contributed by atoms with E-state index in [1.54, 1.807) is 33.8 Å². The summed E-state index contributed by atoms with van der Waals surface area (Å²) in [5.41, 5.74) is 6.59. The third kappa shape index (κ3) is 11.6. The molecule has 0 aliphatic rings. The second-order valence-corrected chi connectivity index (χ2v) is 9.05. The Morgan fingerprint density at radius 2 is 1.38 bits per heavy atom. The van der Waals surface area contributed by atoms with Crippen molar-refractivity contribution in [3.8, 4) is 11.5 Å². The summed E-state index contributed by atoms with van der Waals surface area (Å²) in [4.78, 5) is 48.8. The summed E-state index contributed by atoms with van der Waals surface area (Å²) >= 11 is 0. The zero-order chi connectivity index (χ0) is 28.0. The molecule has 37 heavy (non-hydrogen) atoms. The van der Waals surface area contributed by atoms with Crippen molar-refractivity contribution in [2.45, 2.75) is 85.8 Å². The molecule has 4 atom stereocenters. The number of hydrogen-bond donors (Lipinski definition) is 1. The van der Waals surface area contributed by atoms with E-state index in [0.29, 0.717) is 18.4 Å². The summed E-state index contributed by atoms with van der Waals surface area (Å²) in [6.45, 7) is 10.7. The number of rotatable bonds is 15. The molecule has 0 spiro atoms. The van der Waals surface area contributed by atoms with Crippen LogP contribution in [0.4, 0.5) is 4.79 Å². The highest BCUT2D eigenvalue weighted by Gasteiger charge is 2.23. The van der Waals surface area contributed by atoms with Gasteiger partial charge in [-0.1, -0.05) is 46.6 Å². The van der Waals surface area contributed by atoms with Crippen LogP contribution in [0.2, 0.25) is 0 Å². The molecular formula is C27H41NO9. The average Bonchev–Trinajstić information content (AvgIpc) is 2.84. The minimum atomic E-state index is -1.03. The summed E-state index contributed by atoms with van der Waals surface area (Å²) < 4.78 is 25.9. The molecule has 1 aromatic carbocycles. The second kappa shape index (κ2) is 16.6. The first-order chi connectivity index (χ1) is 17.5. The summed E-state index contributed by atoms with van der Waals surface area (Å²) in [6.07, 6.45) is 1.46. The van der Waals surface area contributed by atoms with Crippen LogP contribution in [0.1, 0.15) is 72.8 Å². The lowest BCUT2D eigenvalue weighted by molar-refractivity contribution is -0.148. The van der Waals surface area contributed by atoms with Crippen LogP contribution in [0.25, 0.3) is 0 Å². The summed E-state index contributed by atoms with van der Waals surface area (Å²) in [6, 6.07) is 3.66. The second-order valence-electron chi connectivity index (χ2n) is 9.05. The van der Waals surface area contributed by atoms with Crippen LogP contribution >= 0.6 is 0 Å². The predicted octanol–water partition coefficient (Wildman–Crippen LogP) is 4.34. The third-order valence-corrected chi connectivity index (χ3v) is 5.46. The fourth-order valence-corrected chi connectivity index (χ4v) is 3.36. The Hall–Kier alpha value is -3.14. The van der Waals surface area contributed by atoms with Crippen molar-refractivity contribution in [1.29, 1.82) is 0 Å². The summed E-state index contributed by atoms with van der Waals surface area (Å²) in [5, 5.41) is 0. The van der Waals surface area contributed by atoms with E-state index in [1.807, 2.05) is 13.8 Å². The van der Waals surface area contributed by atoms with E-state index in [4.69, 9.17) is 24.7 Å². The van der Waals surface area contributed by atoms with E-state index < -0.39 is 36.2 Å². The Morgan fingerprint density at radius 3 is 1.92 bits per heavy atom. The molecule has 208 valence electrons. The Bertz CT molecular complexity index is 902. The average molecular weight is 524 g/mol. The van der Waals surface area contributed by atoms with Gasteiger partial charge in [0.2, 0.25) is 0 Å². The van der Waals surface area contributed by atoms with E-state index in [2.05, 4.69) is 4.74 Å². The molecule has 0 fully saturated rings. The molecule has 0 amide bonds. The first-order valence-corrected chi connectivity index (χ1v) is 12.8. The Morgan fingerprint density at radius 1 is 0.811 bits per heavy atom. The number of hydrogen-bond acceptors (Lipinski definition) is 10. The van der Waals surface area contributed by atoms with Crippen molar-refractivity contribution in [1.82, 2.24) is 0 Å². The molecule has 2 unspecified atom stereocenters. The highest BCUT2D eigenvalue weighted by atomic mass is 16.7. The minimum Gasteiger partial charge on any atom is -0.461 e. The van der Waals surface area contributed by atoms with E-state index in [0.717, 1.165) is 12.8 Å². The van der Waals surface area contributed by atoms with Gasteiger partial charge in [-0.25, -0.2) is 4.79 Å². The van der Waals surface area contributed by atoms with Crippen LogP contribution in [0.15, 0.2) is 18.2 Å². The normalized spacial score (nSPS) is 14.0. The van der Waals surface area contributed by atoms with Gasteiger partial charge in [0, 0.05) is 0 Å². The number of esters is 3. The minimum absolute atomic E-state index is 0.0709. The zero-order valence-corrected chi connectivity index (χ0v) is 22.7. The van der Waals surface area contributed by atoms with Crippen molar-refractivity contribution in [2.24, 2.45) is 17.6 Å². The highest BCUT2D eigenvalue weighted by Crippen LogP contribution is 2.31. The van der Waals surface area contributed by atoms with Gasteiger partial charge in [0.05, 0.1) is 18.4 Å². The number of carbonyl (C=O) groups is 4. The van der Waals surface area contributed by atoms with Crippen LogP contribution in [-0.4, -0.2) is 49.4 Å². The first kappa shape index (κ1) is 31.9. The fourth-order valence-electron chi connectivity index (χ4n) is 3.36. The van der Waals surface area contributed by atoms with Gasteiger partial charge in [-0.2, -0.15) is 0 Å². The van der Waals surface area contributed by atoms with Crippen LogP contribution in [0.5, 0.6) is 11.5 Å². The predicted molar refractivity (Wildman–Crippen MR) is 136 cm³/mol. The van der Waals surface area contributed by atoms with Gasteiger partial charge in [-0.3, -0.25) is 14.4 Å². The molecule has 10 heteroatoms. The molecular weight excluding hydrogens is 482 g/mol. The molecule has 10 nitrogen and oxygen atoms in total. The maximum atomic E-state index is 12.6. The third-order valence-electron chi connectivity index (χ3n) is 5.46. The monoisotopic (exact) mass is 523 g/mol. The van der Waals surface area contributed by atoms with Gasteiger partial charge in [-0.15, -0.1) is 0 Å². The van der Waals surface area contributed by atoms with E-state index >= 15 is 0 Å². The number of nitrogens with two attached hydrogens (primary N) is 1. The van der Waals surface area contributed by atoms with Gasteiger partial charge >= 0.3 is 24.1 Å². The van der Waals surface area contributed by atoms with Crippen molar-refractivity contribution in [3.63, 3.8) is 0 Å². The van der Waals surface area contributed by atoms with Crippen molar-refractivity contribution in [3.05, 3.63) is 23.8 Å². The van der Waals surface area contributed by atoms with Crippen LogP contribution in [0.3, 0.4) is 0 Å². The molecule has 0 heterocycles. The van der Waals surface area contributed by atoms with Gasteiger partial charge in [0.15, 0.2) is 11.5 Å². The van der Waals surface area contributed by atoms with Crippen molar-refractivity contribution >= 4 is 24.1 Å². The summed E-state index contributed by atoms with van der Waals surface area (Å²) in [5.74, 6) is -2.02. The van der Waals surface area contributed by atoms with Gasteiger partial charge in [-0.05, 0) is 50.8 Å². The maximum absolute atomic E-state index is 12.6. The smallest absolute Gasteiger partial charge is 0.461 e.